The maximum absolute atomic E-state index is 12.0. The molecule has 7 heteroatoms. The highest BCUT2D eigenvalue weighted by Gasteiger charge is 2.14. The fourth-order valence-electron chi connectivity index (χ4n) is 2.10. The van der Waals surface area contributed by atoms with Crippen molar-refractivity contribution in [2.45, 2.75) is 0 Å². The summed E-state index contributed by atoms with van der Waals surface area (Å²) in [4.78, 5) is 12.0. The predicted molar refractivity (Wildman–Crippen MR) is 92.8 cm³/mol. The SMILES string of the molecule is COc1ccccc1OCC#CCNC(=O)c1cc(-c2ccco2)on1. The molecule has 0 radical (unpaired) electrons. The number of carbonyl (C=O) groups excluding carboxylic acids is 1. The minimum atomic E-state index is -0.383. The molecule has 0 fully saturated rings. The van der Waals surface area contributed by atoms with Crippen LogP contribution in [0, 0.1) is 11.8 Å². The van der Waals surface area contributed by atoms with Gasteiger partial charge < -0.3 is 23.7 Å². The minimum absolute atomic E-state index is 0.156. The van der Waals surface area contributed by atoms with E-state index in [-0.39, 0.29) is 24.8 Å². The normalized spacial score (nSPS) is 9.88. The first kappa shape index (κ1) is 17.2. The molecule has 0 atom stereocenters. The molecular formula is C19H16N2O5. The fourth-order valence-corrected chi connectivity index (χ4v) is 2.10. The summed E-state index contributed by atoms with van der Waals surface area (Å²) >= 11 is 0. The molecule has 1 amide bonds. The molecule has 0 aliphatic rings. The summed E-state index contributed by atoms with van der Waals surface area (Å²) < 4.78 is 20.9. The Hall–Kier alpha value is -3.66. The van der Waals surface area contributed by atoms with Gasteiger partial charge in [0.2, 0.25) is 5.76 Å². The van der Waals surface area contributed by atoms with Crippen molar-refractivity contribution in [3.63, 3.8) is 0 Å². The first-order chi connectivity index (χ1) is 12.8. The number of nitrogens with one attached hydrogen (secondary N) is 1. The number of aromatic nitrogens is 1. The van der Waals surface area contributed by atoms with Gasteiger partial charge in [-0.05, 0) is 24.3 Å². The smallest absolute Gasteiger partial charge is 0.274 e. The van der Waals surface area contributed by atoms with Crippen LogP contribution in [0.3, 0.4) is 0 Å². The number of hydrogen-bond acceptors (Lipinski definition) is 6. The average Bonchev–Trinajstić information content (AvgIpc) is 3.36. The van der Waals surface area contributed by atoms with E-state index in [1.165, 1.54) is 12.3 Å². The van der Waals surface area contributed by atoms with E-state index < -0.39 is 0 Å². The largest absolute Gasteiger partial charge is 0.493 e. The molecule has 2 heterocycles. The predicted octanol–water partition coefficient (Wildman–Crippen LogP) is 2.76. The van der Waals surface area contributed by atoms with Gasteiger partial charge in [-0.1, -0.05) is 29.1 Å². The van der Waals surface area contributed by atoms with E-state index in [0.717, 1.165) is 0 Å². The highest BCUT2D eigenvalue weighted by atomic mass is 16.5. The molecule has 0 aliphatic carbocycles. The quantitative estimate of drug-likeness (QED) is 0.687. The van der Waals surface area contributed by atoms with Crippen LogP contribution < -0.4 is 14.8 Å². The van der Waals surface area contributed by atoms with Gasteiger partial charge in [-0.3, -0.25) is 4.79 Å². The lowest BCUT2D eigenvalue weighted by atomic mass is 10.3. The summed E-state index contributed by atoms with van der Waals surface area (Å²) in [5, 5.41) is 6.34. The molecule has 0 spiro atoms. The van der Waals surface area contributed by atoms with Crippen molar-refractivity contribution in [1.29, 1.82) is 0 Å². The maximum atomic E-state index is 12.0. The molecule has 0 bridgehead atoms. The third kappa shape index (κ3) is 4.24. The Bertz CT molecular complexity index is 919. The zero-order valence-electron chi connectivity index (χ0n) is 14.0. The van der Waals surface area contributed by atoms with Crippen LogP contribution in [0.15, 0.2) is 57.7 Å². The summed E-state index contributed by atoms with van der Waals surface area (Å²) in [6.45, 7) is 0.347. The Balaban J connectivity index is 1.45. The van der Waals surface area contributed by atoms with Gasteiger partial charge in [-0.2, -0.15) is 0 Å². The Kier molecular flexibility index (Phi) is 5.58. The van der Waals surface area contributed by atoms with E-state index in [4.69, 9.17) is 18.4 Å². The van der Waals surface area contributed by atoms with Crippen molar-refractivity contribution in [2.24, 2.45) is 0 Å². The average molecular weight is 352 g/mol. The fraction of sp³-hybridized carbons (Fsp3) is 0.158. The van der Waals surface area contributed by atoms with Crippen LogP contribution in [0.4, 0.5) is 0 Å². The molecule has 7 nitrogen and oxygen atoms in total. The van der Waals surface area contributed by atoms with Crippen molar-refractivity contribution in [1.82, 2.24) is 10.5 Å². The summed E-state index contributed by atoms with van der Waals surface area (Å²) in [5.74, 6) is 7.38. The molecule has 1 N–H and O–H groups in total. The lowest BCUT2D eigenvalue weighted by Gasteiger charge is -2.07. The van der Waals surface area contributed by atoms with E-state index in [9.17, 15) is 4.79 Å². The number of para-hydroxylation sites is 2. The highest BCUT2D eigenvalue weighted by Crippen LogP contribution is 2.25. The molecule has 0 aliphatic heterocycles. The number of ether oxygens (including phenoxy) is 2. The molecule has 0 unspecified atom stereocenters. The first-order valence-electron chi connectivity index (χ1n) is 7.78. The Morgan fingerprint density at radius 1 is 1.15 bits per heavy atom. The van der Waals surface area contributed by atoms with Gasteiger partial charge in [0, 0.05) is 6.07 Å². The Labute approximate surface area is 149 Å². The van der Waals surface area contributed by atoms with Crippen molar-refractivity contribution in [3.05, 3.63) is 54.4 Å². The van der Waals surface area contributed by atoms with E-state index in [0.29, 0.717) is 23.0 Å². The topological polar surface area (TPSA) is 86.7 Å². The molecule has 0 saturated carbocycles. The lowest BCUT2D eigenvalue weighted by Crippen LogP contribution is -2.23. The molecule has 0 saturated heterocycles. The Morgan fingerprint density at radius 3 is 2.77 bits per heavy atom. The maximum Gasteiger partial charge on any atom is 0.274 e. The first-order valence-corrected chi connectivity index (χ1v) is 7.78. The summed E-state index contributed by atoms with van der Waals surface area (Å²) in [6.07, 6.45) is 1.51. The summed E-state index contributed by atoms with van der Waals surface area (Å²) in [5.41, 5.74) is 0.156. The standard InChI is InChI=1S/C19H16N2O5/c1-23-15-7-2-3-8-16(15)24-11-5-4-10-20-19(22)14-13-18(26-21-14)17-9-6-12-25-17/h2-3,6-9,12-13H,10-11H2,1H3,(H,20,22). The van der Waals surface area contributed by atoms with Crippen LogP contribution >= 0.6 is 0 Å². The third-order valence-electron chi connectivity index (χ3n) is 3.34. The summed E-state index contributed by atoms with van der Waals surface area (Å²) in [7, 11) is 1.57. The number of benzene rings is 1. The Morgan fingerprint density at radius 2 is 2.00 bits per heavy atom. The number of furan rings is 1. The van der Waals surface area contributed by atoms with Gasteiger partial charge in [0.15, 0.2) is 23.0 Å². The zero-order valence-corrected chi connectivity index (χ0v) is 14.0. The van der Waals surface area contributed by atoms with E-state index in [1.807, 2.05) is 12.1 Å². The second-order valence-electron chi connectivity index (χ2n) is 5.03. The molecule has 3 aromatic rings. The van der Waals surface area contributed by atoms with E-state index >= 15 is 0 Å². The number of hydrogen-bond donors (Lipinski definition) is 1. The highest BCUT2D eigenvalue weighted by molar-refractivity contribution is 5.93. The lowest BCUT2D eigenvalue weighted by molar-refractivity contribution is 0.0949. The van der Waals surface area contributed by atoms with Crippen molar-refractivity contribution in [2.75, 3.05) is 20.3 Å². The van der Waals surface area contributed by atoms with Crippen LogP contribution in [0.1, 0.15) is 10.5 Å². The molecule has 132 valence electrons. The molecule has 1 aromatic carbocycles. The van der Waals surface area contributed by atoms with Crippen molar-refractivity contribution >= 4 is 5.91 Å². The van der Waals surface area contributed by atoms with Crippen LogP contribution in [0.2, 0.25) is 0 Å². The van der Waals surface area contributed by atoms with Crippen LogP contribution in [0.5, 0.6) is 11.5 Å². The van der Waals surface area contributed by atoms with Gasteiger partial charge >= 0.3 is 0 Å². The minimum Gasteiger partial charge on any atom is -0.493 e. The van der Waals surface area contributed by atoms with Crippen molar-refractivity contribution in [3.8, 4) is 34.9 Å². The van der Waals surface area contributed by atoms with Gasteiger partial charge in [-0.15, -0.1) is 0 Å². The van der Waals surface area contributed by atoms with Gasteiger partial charge in [-0.25, -0.2) is 0 Å². The number of carbonyl (C=O) groups is 1. The van der Waals surface area contributed by atoms with E-state index in [1.54, 1.807) is 31.4 Å². The molecular weight excluding hydrogens is 336 g/mol. The summed E-state index contributed by atoms with van der Waals surface area (Å²) in [6, 6.07) is 12.2. The number of amides is 1. The van der Waals surface area contributed by atoms with Crippen molar-refractivity contribution < 1.29 is 23.2 Å². The molecule has 26 heavy (non-hydrogen) atoms. The van der Waals surface area contributed by atoms with E-state index in [2.05, 4.69) is 22.3 Å². The second-order valence-corrected chi connectivity index (χ2v) is 5.03. The molecule has 3 rings (SSSR count). The second kappa shape index (κ2) is 8.44. The third-order valence-corrected chi connectivity index (χ3v) is 3.34. The van der Waals surface area contributed by atoms with Crippen LogP contribution in [0.25, 0.3) is 11.5 Å². The van der Waals surface area contributed by atoms with Crippen LogP contribution in [-0.2, 0) is 0 Å². The monoisotopic (exact) mass is 352 g/mol. The number of nitrogens with zero attached hydrogens (tertiary/aromatic N) is 1. The van der Waals surface area contributed by atoms with Gasteiger partial charge in [0.05, 0.1) is 19.9 Å². The van der Waals surface area contributed by atoms with Crippen LogP contribution in [-0.4, -0.2) is 31.3 Å². The number of rotatable bonds is 6. The number of methoxy groups -OCH3 is 1. The van der Waals surface area contributed by atoms with Gasteiger partial charge in [0.1, 0.15) is 6.61 Å². The zero-order chi connectivity index (χ0) is 18.2. The van der Waals surface area contributed by atoms with Gasteiger partial charge in [0.25, 0.3) is 5.91 Å². The molecule has 2 aromatic heterocycles.